The molecule has 198 valence electrons. The van der Waals surface area contributed by atoms with E-state index in [1.807, 2.05) is 0 Å². The number of imide groups is 1. The van der Waals surface area contributed by atoms with Crippen LogP contribution in [-0.4, -0.2) is 45.7 Å². The normalized spacial score (nSPS) is 26.3. The second-order valence-corrected chi connectivity index (χ2v) is 10.6. The number of likely N-dealkylation sites (tertiary alicyclic amines) is 1. The molecule has 4 aliphatic rings. The highest BCUT2D eigenvalue weighted by atomic mass is 35.5. The number of aromatic hydroxyl groups is 2. The van der Waals surface area contributed by atoms with Crippen LogP contribution in [0.15, 0.2) is 54.6 Å². The highest BCUT2D eigenvalue weighted by molar-refractivity contribution is 6.31. The summed E-state index contributed by atoms with van der Waals surface area (Å²) in [5.41, 5.74) is 0.829. The van der Waals surface area contributed by atoms with Crippen molar-refractivity contribution >= 4 is 35.0 Å². The Morgan fingerprint density at radius 2 is 1.72 bits per heavy atom. The Balaban J connectivity index is 1.30. The van der Waals surface area contributed by atoms with E-state index < -0.39 is 41.1 Å². The third-order valence-corrected chi connectivity index (χ3v) is 8.28. The smallest absolute Gasteiger partial charge is 0.250 e. The first-order valence-electron chi connectivity index (χ1n) is 12.4. The van der Waals surface area contributed by atoms with Crippen molar-refractivity contribution in [2.24, 2.45) is 11.8 Å². The van der Waals surface area contributed by atoms with E-state index in [0.717, 1.165) is 0 Å². The van der Waals surface area contributed by atoms with Crippen molar-refractivity contribution in [3.8, 4) is 23.0 Å². The number of anilines is 1. The summed E-state index contributed by atoms with van der Waals surface area (Å²) in [5.74, 6) is -2.62. The van der Waals surface area contributed by atoms with Gasteiger partial charge in [-0.05, 0) is 60.0 Å². The summed E-state index contributed by atoms with van der Waals surface area (Å²) < 4.78 is 10.8. The van der Waals surface area contributed by atoms with Gasteiger partial charge in [-0.25, -0.2) is 0 Å². The number of carbonyl (C=O) groups is 3. The number of halogens is 1. The lowest BCUT2D eigenvalue weighted by Crippen LogP contribution is -2.53. The zero-order valence-electron chi connectivity index (χ0n) is 20.3. The highest BCUT2D eigenvalue weighted by Gasteiger charge is 2.70. The van der Waals surface area contributed by atoms with Gasteiger partial charge in [0.25, 0.3) is 0 Å². The highest BCUT2D eigenvalue weighted by Crippen LogP contribution is 2.54. The number of carbonyl (C=O) groups excluding carboxylic acids is 3. The molecule has 4 atom stereocenters. The zero-order valence-corrected chi connectivity index (χ0v) is 21.1. The Morgan fingerprint density at radius 1 is 0.923 bits per heavy atom. The maximum absolute atomic E-state index is 14.1. The molecular weight excluding hydrogens is 526 g/mol. The third-order valence-electron chi connectivity index (χ3n) is 8.04. The number of hydrogen-bond donors (Lipinski definition) is 4. The first-order valence-corrected chi connectivity index (χ1v) is 12.8. The van der Waals surface area contributed by atoms with Gasteiger partial charge in [0.2, 0.25) is 24.5 Å². The summed E-state index contributed by atoms with van der Waals surface area (Å²) in [7, 11) is 0. The summed E-state index contributed by atoms with van der Waals surface area (Å²) in [6, 6.07) is 14.0. The summed E-state index contributed by atoms with van der Waals surface area (Å²) >= 11 is 6.32. The van der Waals surface area contributed by atoms with Crippen molar-refractivity contribution in [2.75, 3.05) is 12.1 Å². The standard InChI is InChI=1S/C28H22ClN3O7/c29-15-3-4-17-16(10-15)28(27(37)30-17)24-23(18(31-28)7-13-1-5-19(33)20(34)8-13)25(35)32(26(24)36)11-14-2-6-21-22(9-14)39-12-38-21/h1-6,8-10,18,23-24,31,33-34H,7,11-12H2,(H,30,37)/t18?,23-,24+,28?/m0/s1. The first kappa shape index (κ1) is 23.8. The van der Waals surface area contributed by atoms with Crippen LogP contribution in [0.5, 0.6) is 23.0 Å². The molecule has 1 spiro atoms. The van der Waals surface area contributed by atoms with E-state index in [-0.39, 0.29) is 31.3 Å². The SMILES string of the molecule is O=C1[C@H]2C(Cc3ccc(O)c(O)c3)NC3(C(=O)Nc4ccc(Cl)cc43)[C@H]2C(=O)N1Cc1ccc2c(c1)OCO2. The Morgan fingerprint density at radius 3 is 2.54 bits per heavy atom. The van der Waals surface area contributed by atoms with Gasteiger partial charge >= 0.3 is 0 Å². The molecule has 3 aromatic carbocycles. The van der Waals surface area contributed by atoms with Crippen LogP contribution >= 0.6 is 11.6 Å². The van der Waals surface area contributed by atoms with Crippen LogP contribution in [0.4, 0.5) is 5.69 Å². The van der Waals surface area contributed by atoms with Gasteiger partial charge < -0.3 is 25.0 Å². The van der Waals surface area contributed by atoms with Crippen molar-refractivity contribution < 1.29 is 34.1 Å². The fourth-order valence-electron chi connectivity index (χ4n) is 6.34. The molecular formula is C28H22ClN3O7. The van der Waals surface area contributed by atoms with Gasteiger partial charge in [0.05, 0.1) is 18.4 Å². The van der Waals surface area contributed by atoms with Gasteiger partial charge in [0, 0.05) is 22.3 Å². The maximum Gasteiger partial charge on any atom is 0.250 e. The van der Waals surface area contributed by atoms with Crippen LogP contribution in [0, 0.1) is 11.8 Å². The largest absolute Gasteiger partial charge is 0.504 e. The molecule has 7 rings (SSSR count). The van der Waals surface area contributed by atoms with Crippen LogP contribution in [-0.2, 0) is 32.9 Å². The van der Waals surface area contributed by atoms with Gasteiger partial charge in [0.15, 0.2) is 23.0 Å². The van der Waals surface area contributed by atoms with Gasteiger partial charge in [-0.15, -0.1) is 0 Å². The predicted octanol–water partition coefficient (Wildman–Crippen LogP) is 2.64. The van der Waals surface area contributed by atoms with Gasteiger partial charge in [0.1, 0.15) is 5.54 Å². The molecule has 4 heterocycles. The zero-order chi connectivity index (χ0) is 27.1. The minimum atomic E-state index is -1.51. The molecule has 3 aromatic rings. The Bertz CT molecular complexity index is 1590. The maximum atomic E-state index is 14.1. The summed E-state index contributed by atoms with van der Waals surface area (Å²) in [5, 5.41) is 26.4. The molecule has 0 aliphatic carbocycles. The number of hydrogen-bond acceptors (Lipinski definition) is 8. The molecule has 0 radical (unpaired) electrons. The summed E-state index contributed by atoms with van der Waals surface area (Å²) in [4.78, 5) is 42.9. The fourth-order valence-corrected chi connectivity index (χ4v) is 6.51. The van der Waals surface area contributed by atoms with Gasteiger partial charge in [-0.3, -0.25) is 24.6 Å². The van der Waals surface area contributed by atoms with Crippen LogP contribution < -0.4 is 20.1 Å². The van der Waals surface area contributed by atoms with Crippen LogP contribution in [0.3, 0.4) is 0 Å². The number of nitrogens with zero attached hydrogens (tertiary/aromatic N) is 1. The van der Waals surface area contributed by atoms with Crippen LogP contribution in [0.2, 0.25) is 5.02 Å². The van der Waals surface area contributed by atoms with E-state index in [2.05, 4.69) is 10.6 Å². The minimum Gasteiger partial charge on any atom is -0.504 e. The number of phenolic OH excluding ortho intramolecular Hbond substituents is 2. The number of amides is 3. The molecule has 2 fully saturated rings. The fraction of sp³-hybridized carbons (Fsp3) is 0.250. The second kappa shape index (κ2) is 8.36. The first-order chi connectivity index (χ1) is 18.8. The Hall–Kier alpha value is -4.28. The molecule has 0 saturated carbocycles. The number of rotatable bonds is 4. The van der Waals surface area contributed by atoms with Crippen molar-refractivity contribution in [1.29, 1.82) is 0 Å². The number of benzene rings is 3. The van der Waals surface area contributed by atoms with Crippen molar-refractivity contribution in [3.63, 3.8) is 0 Å². The lowest BCUT2D eigenvalue weighted by molar-refractivity contribution is -0.143. The predicted molar refractivity (Wildman–Crippen MR) is 137 cm³/mol. The second-order valence-electron chi connectivity index (χ2n) is 10.2. The quantitative estimate of drug-likeness (QED) is 0.289. The monoisotopic (exact) mass is 547 g/mol. The average molecular weight is 548 g/mol. The third kappa shape index (κ3) is 3.41. The van der Waals surface area contributed by atoms with Gasteiger partial charge in [-0.1, -0.05) is 23.7 Å². The molecule has 4 aliphatic heterocycles. The van der Waals surface area contributed by atoms with Crippen LogP contribution in [0.25, 0.3) is 0 Å². The lowest BCUT2D eigenvalue weighted by Gasteiger charge is -2.29. The van der Waals surface area contributed by atoms with E-state index in [1.54, 1.807) is 42.5 Å². The van der Waals surface area contributed by atoms with Crippen LogP contribution in [0.1, 0.15) is 16.7 Å². The van der Waals surface area contributed by atoms with E-state index in [0.29, 0.717) is 38.9 Å². The van der Waals surface area contributed by atoms with E-state index >= 15 is 0 Å². The molecule has 2 unspecified atom stereocenters. The summed E-state index contributed by atoms with van der Waals surface area (Å²) in [6.45, 7) is 0.110. The molecule has 0 aromatic heterocycles. The molecule has 3 amide bonds. The molecule has 2 saturated heterocycles. The average Bonchev–Trinajstić information content (AvgIpc) is 3.64. The molecule has 10 nitrogen and oxygen atoms in total. The van der Waals surface area contributed by atoms with E-state index in [9.17, 15) is 24.6 Å². The Labute approximate surface area is 227 Å². The number of fused-ring (bicyclic) bond motifs is 5. The van der Waals surface area contributed by atoms with Crippen molar-refractivity contribution in [1.82, 2.24) is 10.2 Å². The van der Waals surface area contributed by atoms with Gasteiger partial charge in [-0.2, -0.15) is 0 Å². The van der Waals surface area contributed by atoms with E-state index in [1.165, 1.54) is 17.0 Å². The molecule has 4 N–H and O–H groups in total. The molecule has 11 heteroatoms. The lowest BCUT2D eigenvalue weighted by atomic mass is 9.76. The van der Waals surface area contributed by atoms with Crippen molar-refractivity contribution in [3.05, 3.63) is 76.3 Å². The molecule has 0 bridgehead atoms. The minimum absolute atomic E-state index is 0.00806. The van der Waals surface area contributed by atoms with Crippen molar-refractivity contribution in [2.45, 2.75) is 24.5 Å². The Kier molecular flexibility index (Phi) is 5.10. The number of nitrogens with one attached hydrogen (secondary N) is 2. The topological polar surface area (TPSA) is 137 Å². The number of ether oxygens (including phenoxy) is 2. The molecule has 39 heavy (non-hydrogen) atoms. The van der Waals surface area contributed by atoms with E-state index in [4.69, 9.17) is 21.1 Å². The number of phenols is 2. The summed E-state index contributed by atoms with van der Waals surface area (Å²) in [6.07, 6.45) is 0.219.